The van der Waals surface area contributed by atoms with E-state index in [4.69, 9.17) is 5.41 Å². The summed E-state index contributed by atoms with van der Waals surface area (Å²) in [4.78, 5) is 0. The van der Waals surface area contributed by atoms with E-state index < -0.39 is 0 Å². The second kappa shape index (κ2) is 16.1. The van der Waals surface area contributed by atoms with Crippen molar-refractivity contribution in [2.24, 2.45) is 5.92 Å². The van der Waals surface area contributed by atoms with Crippen molar-refractivity contribution in [2.75, 3.05) is 0 Å². The van der Waals surface area contributed by atoms with Crippen LogP contribution in [0.25, 0.3) is 22.3 Å². The molecule has 3 rings (SSSR count). The highest BCUT2D eigenvalue weighted by atomic mass is 14.4. The Morgan fingerprint density at radius 2 is 1.61 bits per heavy atom. The van der Waals surface area contributed by atoms with Crippen LogP contribution in [0.3, 0.4) is 0 Å². The fourth-order valence-electron chi connectivity index (χ4n) is 4.97. The Kier molecular flexibility index (Phi) is 12.3. The molecule has 41 heavy (non-hydrogen) atoms. The average Bonchev–Trinajstić information content (AvgIpc) is 2.99. The normalized spacial score (nSPS) is 19.8. The molecule has 0 aromatic heterocycles. The summed E-state index contributed by atoms with van der Waals surface area (Å²) >= 11 is 0. The van der Waals surface area contributed by atoms with Gasteiger partial charge in [0.15, 0.2) is 0 Å². The van der Waals surface area contributed by atoms with Crippen molar-refractivity contribution in [1.82, 2.24) is 0 Å². The van der Waals surface area contributed by atoms with Crippen molar-refractivity contribution >= 4 is 16.9 Å². The molecule has 0 spiro atoms. The molecule has 0 heterocycles. The molecule has 0 saturated carbocycles. The number of nitrogens with one attached hydrogen (secondary N) is 1. The molecular formula is C40H45N. The molecular weight excluding hydrogens is 494 g/mol. The molecule has 1 unspecified atom stereocenters. The van der Waals surface area contributed by atoms with Gasteiger partial charge in [-0.05, 0) is 126 Å². The standard InChI is InChI=1S/C40H45N/c1-7-12-20-31(9-3)36-27-37(29-38(28-36)34-21-14-13-15-22-34)33(11-5)25-32(10-4)35(18-8-2)26-39-24-30(6)19-16-17-23-40(39)41/h9-23,25-30,41H,4,7-8,24H2,1-3,5-6H3/b19-16-,20-12-,23-17-,31-9+,32-25+,33-11+,35-18+,39-26+,41-40?. The highest BCUT2D eigenvalue weighted by molar-refractivity contribution is 6.07. The maximum absolute atomic E-state index is 8.66. The lowest BCUT2D eigenvalue weighted by Crippen LogP contribution is -2.05. The molecule has 1 heteroatoms. The number of allylic oxidation sites excluding steroid dienone is 17. The zero-order valence-electron chi connectivity index (χ0n) is 25.5. The summed E-state index contributed by atoms with van der Waals surface area (Å²) in [7, 11) is 0. The van der Waals surface area contributed by atoms with E-state index in [1.54, 1.807) is 0 Å². The lowest BCUT2D eigenvalue weighted by atomic mass is 9.89. The summed E-state index contributed by atoms with van der Waals surface area (Å²) in [5.41, 5.74) is 10.9. The number of hydrogen-bond donors (Lipinski definition) is 1. The van der Waals surface area contributed by atoms with Gasteiger partial charge in [0.1, 0.15) is 0 Å². The zero-order chi connectivity index (χ0) is 29.6. The van der Waals surface area contributed by atoms with Crippen LogP contribution in [0.5, 0.6) is 0 Å². The topological polar surface area (TPSA) is 23.9 Å². The van der Waals surface area contributed by atoms with Crippen LogP contribution in [-0.4, -0.2) is 5.71 Å². The van der Waals surface area contributed by atoms with Gasteiger partial charge in [0.2, 0.25) is 0 Å². The highest BCUT2D eigenvalue weighted by Gasteiger charge is 2.12. The van der Waals surface area contributed by atoms with Crippen molar-refractivity contribution in [3.63, 3.8) is 0 Å². The Morgan fingerprint density at radius 3 is 2.24 bits per heavy atom. The minimum absolute atomic E-state index is 0.374. The third-order valence-corrected chi connectivity index (χ3v) is 7.18. The molecule has 0 aliphatic heterocycles. The fraction of sp³-hybridized carbons (Fsp3) is 0.225. The Hall–Kier alpha value is -4.23. The van der Waals surface area contributed by atoms with Gasteiger partial charge in [-0.25, -0.2) is 0 Å². The summed E-state index contributed by atoms with van der Waals surface area (Å²) in [5.74, 6) is 0.374. The Bertz CT molecular complexity index is 1460. The van der Waals surface area contributed by atoms with Crippen LogP contribution in [0.15, 0.2) is 145 Å². The molecule has 1 aliphatic rings. The summed E-state index contributed by atoms with van der Waals surface area (Å²) in [6.07, 6.45) is 28.2. The maximum Gasteiger partial charge on any atom is 0.0572 e. The van der Waals surface area contributed by atoms with Gasteiger partial charge in [-0.2, -0.15) is 0 Å². The van der Waals surface area contributed by atoms with Crippen LogP contribution >= 0.6 is 0 Å². The summed E-state index contributed by atoms with van der Waals surface area (Å²) in [6.45, 7) is 14.9. The minimum Gasteiger partial charge on any atom is -0.301 e. The van der Waals surface area contributed by atoms with Gasteiger partial charge in [-0.15, -0.1) is 0 Å². The Labute approximate surface area is 248 Å². The van der Waals surface area contributed by atoms with Crippen LogP contribution < -0.4 is 0 Å². The molecule has 0 fully saturated rings. The molecule has 0 amide bonds. The van der Waals surface area contributed by atoms with Gasteiger partial charge in [-0.3, -0.25) is 0 Å². The monoisotopic (exact) mass is 539 g/mol. The first kappa shape index (κ1) is 31.3. The predicted octanol–water partition coefficient (Wildman–Crippen LogP) is 11.7. The molecule has 1 N–H and O–H groups in total. The van der Waals surface area contributed by atoms with E-state index in [-0.39, 0.29) is 0 Å². The summed E-state index contributed by atoms with van der Waals surface area (Å²) in [5, 5.41) is 8.66. The maximum atomic E-state index is 8.66. The fourth-order valence-corrected chi connectivity index (χ4v) is 4.97. The largest absolute Gasteiger partial charge is 0.301 e. The first-order chi connectivity index (χ1) is 19.9. The van der Waals surface area contributed by atoms with E-state index in [2.05, 4.69) is 138 Å². The summed E-state index contributed by atoms with van der Waals surface area (Å²) in [6, 6.07) is 17.4. The van der Waals surface area contributed by atoms with Gasteiger partial charge in [0.25, 0.3) is 0 Å². The Morgan fingerprint density at radius 1 is 0.902 bits per heavy atom. The van der Waals surface area contributed by atoms with Gasteiger partial charge >= 0.3 is 0 Å². The number of rotatable bonds is 10. The van der Waals surface area contributed by atoms with Crippen LogP contribution in [0.1, 0.15) is 65.0 Å². The molecule has 0 saturated heterocycles. The van der Waals surface area contributed by atoms with Gasteiger partial charge in [0.05, 0.1) is 5.71 Å². The predicted molar refractivity (Wildman–Crippen MR) is 183 cm³/mol. The average molecular weight is 540 g/mol. The van der Waals surface area contributed by atoms with Crippen molar-refractivity contribution in [3.05, 3.63) is 156 Å². The van der Waals surface area contributed by atoms with Crippen LogP contribution in [0.4, 0.5) is 0 Å². The van der Waals surface area contributed by atoms with Crippen molar-refractivity contribution in [1.29, 1.82) is 5.41 Å². The van der Waals surface area contributed by atoms with E-state index in [0.717, 1.165) is 47.1 Å². The second-order valence-electron chi connectivity index (χ2n) is 10.3. The lowest BCUT2D eigenvalue weighted by Gasteiger charge is -2.15. The van der Waals surface area contributed by atoms with E-state index in [1.165, 1.54) is 22.3 Å². The van der Waals surface area contributed by atoms with Crippen molar-refractivity contribution in [2.45, 2.75) is 53.9 Å². The zero-order valence-corrected chi connectivity index (χ0v) is 25.5. The smallest absolute Gasteiger partial charge is 0.0572 e. The molecule has 210 valence electrons. The first-order valence-corrected chi connectivity index (χ1v) is 14.8. The minimum atomic E-state index is 0.374. The molecule has 0 radical (unpaired) electrons. The van der Waals surface area contributed by atoms with E-state index in [0.29, 0.717) is 11.6 Å². The van der Waals surface area contributed by atoms with Gasteiger partial charge < -0.3 is 5.41 Å². The molecule has 0 bridgehead atoms. The first-order valence-electron chi connectivity index (χ1n) is 14.8. The van der Waals surface area contributed by atoms with Crippen LogP contribution in [0.2, 0.25) is 0 Å². The lowest BCUT2D eigenvalue weighted by molar-refractivity contribution is 0.730. The highest BCUT2D eigenvalue weighted by Crippen LogP contribution is 2.32. The molecule has 2 aromatic rings. The number of hydrogen-bond acceptors (Lipinski definition) is 1. The molecule has 1 aliphatic carbocycles. The third-order valence-electron chi connectivity index (χ3n) is 7.18. The SMILES string of the molecule is C=CC(=C\C(=C/C)c1cc(C(/C=C\CC)=C/C)cc(-c2ccccc2)c1)/C(/C=C1\CC(C)/C=C\C=C/C1=N)=C/CC. The molecule has 1 atom stereocenters. The van der Waals surface area contributed by atoms with Crippen molar-refractivity contribution < 1.29 is 0 Å². The molecule has 2 aromatic carbocycles. The second-order valence-corrected chi connectivity index (χ2v) is 10.3. The quantitative estimate of drug-likeness (QED) is 0.290. The Balaban J connectivity index is 2.16. The van der Waals surface area contributed by atoms with Gasteiger partial charge in [-0.1, -0.05) is 112 Å². The molecule has 1 nitrogen and oxygen atoms in total. The van der Waals surface area contributed by atoms with Crippen LogP contribution in [0, 0.1) is 11.3 Å². The summed E-state index contributed by atoms with van der Waals surface area (Å²) < 4.78 is 0. The van der Waals surface area contributed by atoms with E-state index in [1.807, 2.05) is 24.3 Å². The van der Waals surface area contributed by atoms with E-state index in [9.17, 15) is 0 Å². The van der Waals surface area contributed by atoms with Crippen LogP contribution in [-0.2, 0) is 0 Å². The number of benzene rings is 2. The third kappa shape index (κ3) is 8.88. The van der Waals surface area contributed by atoms with Gasteiger partial charge in [0, 0.05) is 0 Å². The van der Waals surface area contributed by atoms with E-state index >= 15 is 0 Å². The van der Waals surface area contributed by atoms with Crippen molar-refractivity contribution in [3.8, 4) is 11.1 Å².